The molecule has 3 aromatic rings. The van der Waals surface area contributed by atoms with Crippen LogP contribution in [0.2, 0.25) is 0 Å². The lowest BCUT2D eigenvalue weighted by atomic mass is 9.78. The normalized spacial score (nSPS) is 20.5. The summed E-state index contributed by atoms with van der Waals surface area (Å²) in [6, 6.07) is 20.9. The highest BCUT2D eigenvalue weighted by molar-refractivity contribution is 6.01. The number of nitrogens with one attached hydrogen (secondary N) is 2. The summed E-state index contributed by atoms with van der Waals surface area (Å²) >= 11 is 0. The second kappa shape index (κ2) is 7.41. The van der Waals surface area contributed by atoms with Crippen molar-refractivity contribution in [3.8, 4) is 0 Å². The standard InChI is InChI=1S/C25H20F2N2O/c26-18-11-10-16(12-19(18)27)25-24-22(28-20-8-4-5-9-21(20)29-25)13-17(14-23(24)30)15-6-2-1-3-7-15/h1-12,17,25,28-29H,13-14H2. The predicted octanol–water partition coefficient (Wildman–Crippen LogP) is 5.94. The summed E-state index contributed by atoms with van der Waals surface area (Å²) in [5.74, 6) is -1.75. The van der Waals surface area contributed by atoms with E-state index in [9.17, 15) is 13.6 Å². The van der Waals surface area contributed by atoms with Crippen LogP contribution < -0.4 is 10.6 Å². The average Bonchev–Trinajstić information content (AvgIpc) is 2.93. The number of rotatable bonds is 2. The van der Waals surface area contributed by atoms with Crippen LogP contribution in [-0.4, -0.2) is 5.78 Å². The predicted molar refractivity (Wildman–Crippen MR) is 113 cm³/mol. The van der Waals surface area contributed by atoms with Gasteiger partial charge in [-0.3, -0.25) is 4.79 Å². The van der Waals surface area contributed by atoms with E-state index < -0.39 is 17.7 Å². The summed E-state index contributed by atoms with van der Waals surface area (Å²) in [7, 11) is 0. The van der Waals surface area contributed by atoms with Gasteiger partial charge in [0, 0.05) is 17.7 Å². The van der Waals surface area contributed by atoms with E-state index in [1.165, 1.54) is 12.1 Å². The van der Waals surface area contributed by atoms with Crippen molar-refractivity contribution in [1.29, 1.82) is 0 Å². The molecule has 0 radical (unpaired) electrons. The van der Waals surface area contributed by atoms with E-state index in [-0.39, 0.29) is 11.7 Å². The minimum atomic E-state index is -0.924. The van der Waals surface area contributed by atoms with Crippen LogP contribution >= 0.6 is 0 Å². The van der Waals surface area contributed by atoms with E-state index in [1.807, 2.05) is 54.6 Å². The maximum atomic E-state index is 14.0. The summed E-state index contributed by atoms with van der Waals surface area (Å²) < 4.78 is 27.6. The second-order valence-corrected chi connectivity index (χ2v) is 7.75. The zero-order valence-electron chi connectivity index (χ0n) is 16.2. The molecule has 0 aromatic heterocycles. The van der Waals surface area contributed by atoms with Gasteiger partial charge in [-0.15, -0.1) is 0 Å². The molecule has 3 nitrogen and oxygen atoms in total. The van der Waals surface area contributed by atoms with Crippen molar-refractivity contribution in [3.63, 3.8) is 0 Å². The van der Waals surface area contributed by atoms with Gasteiger partial charge in [0.2, 0.25) is 0 Å². The summed E-state index contributed by atoms with van der Waals surface area (Å²) in [6.07, 6.45) is 1.05. The summed E-state index contributed by atoms with van der Waals surface area (Å²) in [5.41, 5.74) is 4.72. The monoisotopic (exact) mass is 402 g/mol. The smallest absolute Gasteiger partial charge is 0.163 e. The van der Waals surface area contributed by atoms with E-state index in [0.717, 1.165) is 28.7 Å². The fourth-order valence-corrected chi connectivity index (χ4v) is 4.40. The summed E-state index contributed by atoms with van der Waals surface area (Å²) in [4.78, 5) is 13.3. The van der Waals surface area contributed by atoms with Crippen molar-refractivity contribution in [2.45, 2.75) is 24.8 Å². The first kappa shape index (κ1) is 18.6. The number of ketones is 1. The lowest BCUT2D eigenvalue weighted by Crippen LogP contribution is -2.27. The Bertz CT molecular complexity index is 1160. The molecule has 2 atom stereocenters. The number of fused-ring (bicyclic) bond motifs is 1. The lowest BCUT2D eigenvalue weighted by molar-refractivity contribution is -0.116. The van der Waals surface area contributed by atoms with Gasteiger partial charge in [0.25, 0.3) is 0 Å². The van der Waals surface area contributed by atoms with Crippen LogP contribution in [0.5, 0.6) is 0 Å². The third-order valence-electron chi connectivity index (χ3n) is 5.86. The van der Waals surface area contributed by atoms with Gasteiger partial charge >= 0.3 is 0 Å². The van der Waals surface area contributed by atoms with Crippen LogP contribution in [0.1, 0.15) is 35.9 Å². The molecule has 2 aliphatic rings. The average molecular weight is 402 g/mol. The molecule has 1 aliphatic carbocycles. The molecule has 0 fully saturated rings. The molecule has 2 unspecified atom stereocenters. The number of halogens is 2. The first-order valence-electron chi connectivity index (χ1n) is 9.99. The van der Waals surface area contributed by atoms with Gasteiger partial charge in [-0.05, 0) is 47.7 Å². The van der Waals surface area contributed by atoms with Crippen molar-refractivity contribution in [1.82, 2.24) is 0 Å². The quantitative estimate of drug-likeness (QED) is 0.557. The van der Waals surface area contributed by atoms with Crippen molar-refractivity contribution >= 4 is 17.2 Å². The minimum Gasteiger partial charge on any atom is -0.372 e. The molecule has 5 rings (SSSR count). The van der Waals surface area contributed by atoms with Crippen molar-refractivity contribution in [2.24, 2.45) is 0 Å². The van der Waals surface area contributed by atoms with Crippen LogP contribution in [-0.2, 0) is 4.79 Å². The summed E-state index contributed by atoms with van der Waals surface area (Å²) in [5, 5.41) is 6.82. The number of para-hydroxylation sites is 2. The van der Waals surface area contributed by atoms with Gasteiger partial charge in [-0.2, -0.15) is 0 Å². The molecule has 5 heteroatoms. The molecule has 30 heavy (non-hydrogen) atoms. The molecule has 0 spiro atoms. The molecule has 2 N–H and O–H groups in total. The first-order valence-corrected chi connectivity index (χ1v) is 9.99. The molecule has 1 aliphatic heterocycles. The highest BCUT2D eigenvalue weighted by atomic mass is 19.2. The van der Waals surface area contributed by atoms with Crippen molar-refractivity contribution < 1.29 is 13.6 Å². The molecule has 0 saturated heterocycles. The molecular formula is C25H20F2N2O. The Hall–Kier alpha value is -3.47. The number of carbonyl (C=O) groups is 1. The molecule has 150 valence electrons. The molecule has 0 amide bonds. The van der Waals surface area contributed by atoms with Crippen molar-refractivity contribution in [3.05, 3.63) is 107 Å². The van der Waals surface area contributed by atoms with Crippen LogP contribution in [0.3, 0.4) is 0 Å². The highest BCUT2D eigenvalue weighted by Gasteiger charge is 2.36. The van der Waals surface area contributed by atoms with E-state index in [1.54, 1.807) is 0 Å². The number of benzene rings is 3. The Morgan fingerprint density at radius 1 is 0.767 bits per heavy atom. The van der Waals surface area contributed by atoms with Crippen LogP contribution in [0.15, 0.2) is 84.1 Å². The Balaban J connectivity index is 1.63. The lowest BCUT2D eigenvalue weighted by Gasteiger charge is -2.30. The highest BCUT2D eigenvalue weighted by Crippen LogP contribution is 2.44. The Morgan fingerprint density at radius 2 is 1.50 bits per heavy atom. The van der Waals surface area contributed by atoms with Crippen LogP contribution in [0.25, 0.3) is 0 Å². The molecular weight excluding hydrogens is 382 g/mol. The number of allylic oxidation sites excluding steroid dienone is 1. The third kappa shape index (κ3) is 3.26. The van der Waals surface area contributed by atoms with E-state index in [0.29, 0.717) is 24.0 Å². The largest absolute Gasteiger partial charge is 0.372 e. The van der Waals surface area contributed by atoms with Crippen molar-refractivity contribution in [2.75, 3.05) is 10.6 Å². The van der Waals surface area contributed by atoms with E-state index in [4.69, 9.17) is 0 Å². The fraction of sp³-hybridized carbons (Fsp3) is 0.160. The topological polar surface area (TPSA) is 41.1 Å². The van der Waals surface area contributed by atoms with E-state index in [2.05, 4.69) is 10.6 Å². The molecule has 3 aromatic carbocycles. The fourth-order valence-electron chi connectivity index (χ4n) is 4.40. The third-order valence-corrected chi connectivity index (χ3v) is 5.86. The number of hydrogen-bond donors (Lipinski definition) is 2. The first-order chi connectivity index (χ1) is 14.6. The Kier molecular flexibility index (Phi) is 4.58. The Labute approximate surface area is 173 Å². The number of Topliss-reactive ketones (excluding diaryl/α,β-unsaturated/α-hetero) is 1. The van der Waals surface area contributed by atoms with Crippen LogP contribution in [0.4, 0.5) is 20.2 Å². The second-order valence-electron chi connectivity index (χ2n) is 7.75. The minimum absolute atomic E-state index is 0.00708. The zero-order chi connectivity index (χ0) is 20.7. The summed E-state index contributed by atoms with van der Waals surface area (Å²) in [6.45, 7) is 0. The maximum Gasteiger partial charge on any atom is 0.163 e. The van der Waals surface area contributed by atoms with Gasteiger partial charge in [0.15, 0.2) is 17.4 Å². The maximum absolute atomic E-state index is 14.0. The zero-order valence-corrected chi connectivity index (χ0v) is 16.2. The molecule has 1 heterocycles. The number of hydrogen-bond acceptors (Lipinski definition) is 3. The SMILES string of the molecule is O=C1CC(c2ccccc2)CC2=C1C(c1ccc(F)c(F)c1)Nc1ccccc1N2. The van der Waals surface area contributed by atoms with Gasteiger partial charge < -0.3 is 10.6 Å². The number of carbonyl (C=O) groups excluding carboxylic acids is 1. The Morgan fingerprint density at radius 3 is 2.27 bits per heavy atom. The van der Waals surface area contributed by atoms with Gasteiger partial charge in [-0.1, -0.05) is 48.5 Å². The number of anilines is 2. The molecule has 0 bridgehead atoms. The van der Waals surface area contributed by atoms with Gasteiger partial charge in [-0.25, -0.2) is 8.78 Å². The van der Waals surface area contributed by atoms with E-state index >= 15 is 0 Å². The van der Waals surface area contributed by atoms with Gasteiger partial charge in [0.1, 0.15) is 0 Å². The van der Waals surface area contributed by atoms with Crippen LogP contribution in [0, 0.1) is 11.6 Å². The molecule has 0 saturated carbocycles. The van der Waals surface area contributed by atoms with Gasteiger partial charge in [0.05, 0.1) is 17.4 Å².